The lowest BCUT2D eigenvalue weighted by Crippen LogP contribution is -2.36. The highest BCUT2D eigenvalue weighted by atomic mass is 32.1. The molecule has 1 aliphatic rings. The number of likely N-dealkylation sites (tertiary alicyclic amines) is 1. The Labute approximate surface area is 186 Å². The van der Waals surface area contributed by atoms with Crippen LogP contribution in [0.4, 0.5) is 16.3 Å². The van der Waals surface area contributed by atoms with Gasteiger partial charge in [-0.15, -0.1) is 12.6 Å². The van der Waals surface area contributed by atoms with Crippen LogP contribution in [-0.4, -0.2) is 40.8 Å². The first-order chi connectivity index (χ1) is 14.6. The third-order valence-electron chi connectivity index (χ3n) is 4.65. The number of rotatable bonds is 3. The minimum Gasteiger partial charge on any atom is -0.489 e. The second-order valence-corrected chi connectivity index (χ2v) is 8.55. The summed E-state index contributed by atoms with van der Waals surface area (Å²) < 4.78 is 11.4. The molecule has 1 aliphatic heterocycles. The van der Waals surface area contributed by atoms with Crippen molar-refractivity contribution >= 4 is 30.2 Å². The number of nitrogens with zero attached hydrogens (tertiary/aromatic N) is 4. The third kappa shape index (κ3) is 5.01. The van der Waals surface area contributed by atoms with Crippen LogP contribution in [0.5, 0.6) is 5.75 Å². The van der Waals surface area contributed by atoms with Crippen molar-refractivity contribution in [2.24, 2.45) is 0 Å². The van der Waals surface area contributed by atoms with Gasteiger partial charge in [-0.2, -0.15) is 5.26 Å². The second kappa shape index (κ2) is 8.75. The van der Waals surface area contributed by atoms with Crippen molar-refractivity contribution in [3.8, 4) is 22.9 Å². The molecule has 2 heterocycles. The maximum absolute atomic E-state index is 12.2. The second-order valence-electron chi connectivity index (χ2n) is 8.12. The number of carbonyl (C=O) groups excluding carboxylic acids is 1. The van der Waals surface area contributed by atoms with Gasteiger partial charge in [-0.1, -0.05) is 12.1 Å². The molecule has 1 unspecified atom stereocenters. The molecule has 2 aromatic rings. The van der Waals surface area contributed by atoms with Crippen LogP contribution in [0.25, 0.3) is 16.0 Å². The zero-order valence-electron chi connectivity index (χ0n) is 17.5. The van der Waals surface area contributed by atoms with Crippen LogP contribution in [0.15, 0.2) is 29.3 Å². The molecule has 2 N–H and O–H groups in total. The van der Waals surface area contributed by atoms with E-state index in [-0.39, 0.29) is 34.3 Å². The fourth-order valence-electron chi connectivity index (χ4n) is 3.29. The van der Waals surface area contributed by atoms with Gasteiger partial charge in [0.2, 0.25) is 5.69 Å². The highest BCUT2D eigenvalue weighted by molar-refractivity contribution is 7.80. The first-order valence-electron chi connectivity index (χ1n) is 9.68. The van der Waals surface area contributed by atoms with E-state index in [0.717, 1.165) is 0 Å². The number of nitrogens with two attached hydrogens (primary N) is 1. The van der Waals surface area contributed by atoms with Crippen molar-refractivity contribution in [2.75, 3.05) is 18.8 Å². The van der Waals surface area contributed by atoms with Gasteiger partial charge in [-0.25, -0.2) is 14.6 Å². The molecule has 0 radical (unpaired) electrons. The number of hydrogen-bond donors (Lipinski definition) is 2. The van der Waals surface area contributed by atoms with Crippen molar-refractivity contribution in [3.05, 3.63) is 41.2 Å². The number of ether oxygens (including phenoxy) is 2. The van der Waals surface area contributed by atoms with Crippen LogP contribution >= 0.6 is 12.6 Å². The van der Waals surface area contributed by atoms with Crippen molar-refractivity contribution in [1.29, 1.82) is 5.26 Å². The number of nitriles is 1. The van der Waals surface area contributed by atoms with E-state index in [0.29, 0.717) is 36.4 Å². The third-order valence-corrected chi connectivity index (χ3v) is 4.97. The summed E-state index contributed by atoms with van der Waals surface area (Å²) in [6, 6.07) is 9.08. The van der Waals surface area contributed by atoms with Gasteiger partial charge in [0, 0.05) is 18.5 Å². The van der Waals surface area contributed by atoms with Gasteiger partial charge < -0.3 is 20.1 Å². The van der Waals surface area contributed by atoms with E-state index in [2.05, 4.69) is 28.5 Å². The molecule has 3 rings (SSSR count). The Hall–Kier alpha value is -3.43. The topological polar surface area (TPSA) is 106 Å². The van der Waals surface area contributed by atoms with Crippen LogP contribution in [0.1, 0.15) is 32.8 Å². The first-order valence-corrected chi connectivity index (χ1v) is 10.1. The minimum absolute atomic E-state index is 0.0301. The molecule has 0 spiro atoms. The molecule has 0 aliphatic carbocycles. The van der Waals surface area contributed by atoms with E-state index in [4.69, 9.17) is 21.8 Å². The molecule has 0 bridgehead atoms. The summed E-state index contributed by atoms with van der Waals surface area (Å²) in [5, 5.41) is 9.68. The fraction of sp³-hybridized carbons (Fsp3) is 0.364. The minimum atomic E-state index is -0.540. The average Bonchev–Trinajstić information content (AvgIpc) is 3.15. The molecule has 160 valence electrons. The molecule has 1 aromatic heterocycles. The van der Waals surface area contributed by atoms with Gasteiger partial charge >= 0.3 is 6.09 Å². The molecule has 1 fully saturated rings. The Bertz CT molecular complexity index is 1040. The Balaban J connectivity index is 1.75. The predicted octanol–water partition coefficient (Wildman–Crippen LogP) is 4.43. The lowest BCUT2D eigenvalue weighted by molar-refractivity contribution is 0.0275. The summed E-state index contributed by atoms with van der Waals surface area (Å²) in [6.07, 6.45) is 0.209. The standard InChI is InChI=1S/C22H23N5O3S/c1-22(2,3)30-21(28)27-10-9-15(12-27)29-14-7-5-13(6-8-14)17-16(11-23)20(31)26-19(24)18(17)25-4/h5-8,15H,9-10,12H2,1-3H3,(H3,24,26,31). The summed E-state index contributed by atoms with van der Waals surface area (Å²) in [4.78, 5) is 21.3. The molecule has 31 heavy (non-hydrogen) atoms. The molecule has 1 saturated heterocycles. The lowest BCUT2D eigenvalue weighted by Gasteiger charge is -2.24. The number of pyridine rings is 1. The molecular formula is C22H23N5O3S. The van der Waals surface area contributed by atoms with Crippen LogP contribution in [0.2, 0.25) is 0 Å². The van der Waals surface area contributed by atoms with Gasteiger partial charge in [0.15, 0.2) is 0 Å². The number of benzene rings is 1. The fourth-order valence-corrected chi connectivity index (χ4v) is 3.56. The van der Waals surface area contributed by atoms with Crippen molar-refractivity contribution in [1.82, 2.24) is 9.88 Å². The summed E-state index contributed by atoms with van der Waals surface area (Å²) in [5.41, 5.74) is 6.67. The molecule has 8 nitrogen and oxygen atoms in total. The molecule has 1 amide bonds. The highest BCUT2D eigenvalue weighted by Crippen LogP contribution is 2.40. The largest absolute Gasteiger partial charge is 0.489 e. The van der Waals surface area contributed by atoms with E-state index in [1.807, 2.05) is 20.8 Å². The van der Waals surface area contributed by atoms with Gasteiger partial charge in [0.25, 0.3) is 0 Å². The quantitative estimate of drug-likeness (QED) is 0.544. The molecule has 9 heteroatoms. The van der Waals surface area contributed by atoms with Gasteiger partial charge in [-0.3, -0.25) is 0 Å². The Morgan fingerprint density at radius 3 is 2.65 bits per heavy atom. The molecule has 1 atom stereocenters. The van der Waals surface area contributed by atoms with Crippen LogP contribution in [0, 0.1) is 17.9 Å². The monoisotopic (exact) mass is 437 g/mol. The van der Waals surface area contributed by atoms with Crippen LogP contribution < -0.4 is 10.5 Å². The van der Waals surface area contributed by atoms with E-state index in [9.17, 15) is 10.1 Å². The van der Waals surface area contributed by atoms with Gasteiger partial charge in [0.05, 0.1) is 18.7 Å². The van der Waals surface area contributed by atoms with Gasteiger partial charge in [0.1, 0.15) is 34.4 Å². The molecule has 1 aromatic carbocycles. The summed E-state index contributed by atoms with van der Waals surface area (Å²) in [7, 11) is 0. The normalized spacial score (nSPS) is 15.8. The van der Waals surface area contributed by atoms with Crippen molar-refractivity contribution in [3.63, 3.8) is 0 Å². The van der Waals surface area contributed by atoms with Gasteiger partial charge in [-0.05, 0) is 38.5 Å². The Morgan fingerprint density at radius 2 is 2.06 bits per heavy atom. The Morgan fingerprint density at radius 1 is 1.39 bits per heavy atom. The lowest BCUT2D eigenvalue weighted by atomic mass is 10.00. The van der Waals surface area contributed by atoms with Crippen LogP contribution in [0.3, 0.4) is 0 Å². The van der Waals surface area contributed by atoms with Crippen molar-refractivity contribution in [2.45, 2.75) is 43.9 Å². The number of thiol groups is 1. The summed E-state index contributed by atoms with van der Waals surface area (Å²) in [5.74, 6) is 0.651. The van der Waals surface area contributed by atoms with E-state index in [1.54, 1.807) is 29.2 Å². The molecular weight excluding hydrogens is 414 g/mol. The number of aromatic nitrogens is 1. The Kier molecular flexibility index (Phi) is 6.28. The number of amides is 1. The van der Waals surface area contributed by atoms with Crippen molar-refractivity contribution < 1.29 is 14.3 Å². The van der Waals surface area contributed by atoms with E-state index < -0.39 is 5.60 Å². The van der Waals surface area contributed by atoms with Crippen LogP contribution in [-0.2, 0) is 4.74 Å². The smallest absolute Gasteiger partial charge is 0.410 e. The number of anilines is 1. The number of nitrogen functional groups attached to an aromatic ring is 1. The maximum Gasteiger partial charge on any atom is 0.410 e. The zero-order chi connectivity index (χ0) is 22.8. The number of carbonyl (C=O) groups is 1. The predicted molar refractivity (Wildman–Crippen MR) is 119 cm³/mol. The maximum atomic E-state index is 12.2. The van der Waals surface area contributed by atoms with E-state index >= 15 is 0 Å². The zero-order valence-corrected chi connectivity index (χ0v) is 18.4. The summed E-state index contributed by atoms with van der Waals surface area (Å²) in [6.45, 7) is 13.9. The SMILES string of the molecule is [C-]#[N+]c1c(N)nc(S)c(C#N)c1-c1ccc(OC2CCN(C(=O)OC(C)(C)C)C2)cc1. The molecule has 0 saturated carbocycles. The average molecular weight is 438 g/mol. The van der Waals surface area contributed by atoms with E-state index in [1.165, 1.54) is 0 Å². The highest BCUT2D eigenvalue weighted by Gasteiger charge is 2.31. The number of hydrogen-bond acceptors (Lipinski definition) is 7. The summed E-state index contributed by atoms with van der Waals surface area (Å²) >= 11 is 4.22. The first kappa shape index (κ1) is 22.3.